The van der Waals surface area contributed by atoms with Gasteiger partial charge in [-0.2, -0.15) is 5.26 Å². The summed E-state index contributed by atoms with van der Waals surface area (Å²) in [5.41, 5.74) is 0.0798. The lowest BCUT2D eigenvalue weighted by Gasteiger charge is -2.03. The maximum absolute atomic E-state index is 11.4. The van der Waals surface area contributed by atoms with E-state index in [0.717, 1.165) is 12.8 Å². The third-order valence-electron chi connectivity index (χ3n) is 1.67. The minimum Gasteiger partial charge on any atom is -0.388 e. The van der Waals surface area contributed by atoms with Crippen molar-refractivity contribution >= 4 is 17.5 Å². The van der Waals surface area contributed by atoms with E-state index in [4.69, 9.17) is 16.9 Å². The fourth-order valence-electron chi connectivity index (χ4n) is 0.851. The summed E-state index contributed by atoms with van der Waals surface area (Å²) in [6.45, 7) is 3.17. The van der Waals surface area contributed by atoms with Crippen LogP contribution in [0.3, 0.4) is 0 Å². The number of amides is 1. The van der Waals surface area contributed by atoms with Gasteiger partial charge in [-0.05, 0) is 6.42 Å². The zero-order valence-corrected chi connectivity index (χ0v) is 9.60. The molecule has 0 unspecified atom stereocenters. The van der Waals surface area contributed by atoms with E-state index in [0.29, 0.717) is 19.0 Å². The lowest BCUT2D eigenvalue weighted by molar-refractivity contribution is -0.117. The van der Waals surface area contributed by atoms with Crippen LogP contribution in [-0.2, 0) is 4.79 Å². The standard InChI is InChI=1S/C10H16ClN3O/c1-2-3-5-14-10(15)9(7-12)8-13-6-4-11/h8,13H,2-6H2,1H3,(H,14,15)/b9-8-. The Kier molecular flexibility index (Phi) is 8.59. The van der Waals surface area contributed by atoms with Crippen LogP contribution in [0, 0.1) is 11.3 Å². The molecule has 0 radical (unpaired) electrons. The molecule has 0 fully saturated rings. The van der Waals surface area contributed by atoms with Crippen molar-refractivity contribution in [3.63, 3.8) is 0 Å². The van der Waals surface area contributed by atoms with E-state index in [1.54, 1.807) is 0 Å². The molecule has 0 bridgehead atoms. The van der Waals surface area contributed by atoms with Crippen LogP contribution < -0.4 is 10.6 Å². The van der Waals surface area contributed by atoms with Gasteiger partial charge in [0.05, 0.1) is 0 Å². The van der Waals surface area contributed by atoms with Crippen LogP contribution in [0.15, 0.2) is 11.8 Å². The molecule has 0 aliphatic carbocycles. The van der Waals surface area contributed by atoms with Crippen molar-refractivity contribution in [1.82, 2.24) is 10.6 Å². The van der Waals surface area contributed by atoms with Gasteiger partial charge in [-0.3, -0.25) is 4.79 Å². The summed E-state index contributed by atoms with van der Waals surface area (Å²) in [6.07, 6.45) is 3.32. The second kappa shape index (κ2) is 9.35. The highest BCUT2D eigenvalue weighted by Crippen LogP contribution is 1.91. The van der Waals surface area contributed by atoms with Crippen molar-refractivity contribution in [3.8, 4) is 6.07 Å². The zero-order valence-electron chi connectivity index (χ0n) is 8.85. The lowest BCUT2D eigenvalue weighted by atomic mass is 10.3. The first-order chi connectivity index (χ1) is 7.26. The number of hydrogen-bond donors (Lipinski definition) is 2. The van der Waals surface area contributed by atoms with E-state index in [1.807, 2.05) is 13.0 Å². The molecule has 0 aromatic carbocycles. The first kappa shape index (κ1) is 13.8. The van der Waals surface area contributed by atoms with E-state index < -0.39 is 0 Å². The minimum absolute atomic E-state index is 0.0798. The molecule has 0 aliphatic rings. The van der Waals surface area contributed by atoms with Crippen molar-refractivity contribution in [3.05, 3.63) is 11.8 Å². The van der Waals surface area contributed by atoms with Gasteiger partial charge in [0.2, 0.25) is 0 Å². The van der Waals surface area contributed by atoms with Crippen molar-refractivity contribution in [2.24, 2.45) is 0 Å². The fourth-order valence-corrected chi connectivity index (χ4v) is 0.960. The molecule has 15 heavy (non-hydrogen) atoms. The summed E-state index contributed by atoms with van der Waals surface area (Å²) in [5, 5.41) is 14.1. The van der Waals surface area contributed by atoms with Gasteiger partial charge in [-0.15, -0.1) is 11.6 Å². The number of nitrogens with one attached hydrogen (secondary N) is 2. The van der Waals surface area contributed by atoms with Gasteiger partial charge in [0.15, 0.2) is 0 Å². The van der Waals surface area contributed by atoms with Crippen LogP contribution in [0.1, 0.15) is 19.8 Å². The van der Waals surface area contributed by atoms with Gasteiger partial charge >= 0.3 is 0 Å². The molecular formula is C10H16ClN3O. The van der Waals surface area contributed by atoms with Gasteiger partial charge in [-0.25, -0.2) is 0 Å². The Bertz CT molecular complexity index is 258. The third-order valence-corrected chi connectivity index (χ3v) is 1.86. The summed E-state index contributed by atoms with van der Waals surface area (Å²) in [5.74, 6) is 0.0974. The summed E-state index contributed by atoms with van der Waals surface area (Å²) in [4.78, 5) is 11.4. The second-order valence-corrected chi connectivity index (χ2v) is 3.30. The van der Waals surface area contributed by atoms with Gasteiger partial charge in [-0.1, -0.05) is 13.3 Å². The summed E-state index contributed by atoms with van der Waals surface area (Å²) >= 11 is 5.43. The Morgan fingerprint density at radius 3 is 2.80 bits per heavy atom. The van der Waals surface area contributed by atoms with Crippen LogP contribution in [0.5, 0.6) is 0 Å². The van der Waals surface area contributed by atoms with Crippen LogP contribution in [-0.4, -0.2) is 24.9 Å². The molecule has 1 amide bonds. The van der Waals surface area contributed by atoms with E-state index in [9.17, 15) is 4.79 Å². The van der Waals surface area contributed by atoms with Gasteiger partial charge in [0, 0.05) is 25.2 Å². The number of nitrogens with zero attached hydrogens (tertiary/aromatic N) is 1. The normalized spacial score (nSPS) is 10.6. The summed E-state index contributed by atoms with van der Waals surface area (Å²) < 4.78 is 0. The van der Waals surface area contributed by atoms with Crippen LogP contribution in [0.25, 0.3) is 0 Å². The number of carbonyl (C=O) groups is 1. The van der Waals surface area contributed by atoms with E-state index in [-0.39, 0.29) is 11.5 Å². The van der Waals surface area contributed by atoms with Crippen molar-refractivity contribution in [1.29, 1.82) is 5.26 Å². The number of unbranched alkanes of at least 4 members (excludes halogenated alkanes) is 1. The highest BCUT2D eigenvalue weighted by atomic mass is 35.5. The third kappa shape index (κ3) is 6.81. The molecule has 2 N–H and O–H groups in total. The van der Waals surface area contributed by atoms with E-state index >= 15 is 0 Å². The average molecular weight is 230 g/mol. The minimum atomic E-state index is -0.340. The molecule has 0 saturated carbocycles. The molecule has 0 spiro atoms. The summed E-state index contributed by atoms with van der Waals surface area (Å²) in [7, 11) is 0. The molecule has 84 valence electrons. The second-order valence-electron chi connectivity index (χ2n) is 2.92. The molecule has 5 heteroatoms. The number of hydrogen-bond acceptors (Lipinski definition) is 3. The molecule has 0 rings (SSSR count). The van der Waals surface area contributed by atoms with Gasteiger partial charge in [0.1, 0.15) is 11.6 Å². The maximum atomic E-state index is 11.4. The van der Waals surface area contributed by atoms with Gasteiger partial charge < -0.3 is 10.6 Å². The number of carbonyl (C=O) groups excluding carboxylic acids is 1. The zero-order chi connectivity index (χ0) is 11.5. The Labute approximate surface area is 95.3 Å². The topological polar surface area (TPSA) is 64.9 Å². The van der Waals surface area contributed by atoms with E-state index in [2.05, 4.69) is 10.6 Å². The number of halogens is 1. The first-order valence-corrected chi connectivity index (χ1v) is 5.47. The highest BCUT2D eigenvalue weighted by Gasteiger charge is 2.06. The molecule has 0 heterocycles. The number of alkyl halides is 1. The fraction of sp³-hybridized carbons (Fsp3) is 0.600. The Morgan fingerprint density at radius 2 is 2.27 bits per heavy atom. The molecule has 0 atom stereocenters. The quantitative estimate of drug-likeness (QED) is 0.298. The maximum Gasteiger partial charge on any atom is 0.263 e. The van der Waals surface area contributed by atoms with Crippen molar-refractivity contribution < 1.29 is 4.79 Å². The summed E-state index contributed by atoms with van der Waals surface area (Å²) in [6, 6.07) is 1.83. The largest absolute Gasteiger partial charge is 0.388 e. The Balaban J connectivity index is 4.00. The predicted octanol–water partition coefficient (Wildman–Crippen LogP) is 1.14. The van der Waals surface area contributed by atoms with Gasteiger partial charge in [0.25, 0.3) is 5.91 Å². The lowest BCUT2D eigenvalue weighted by Crippen LogP contribution is -2.26. The molecule has 0 aromatic rings. The smallest absolute Gasteiger partial charge is 0.263 e. The molecule has 0 saturated heterocycles. The molecule has 4 nitrogen and oxygen atoms in total. The first-order valence-electron chi connectivity index (χ1n) is 4.94. The molecular weight excluding hydrogens is 214 g/mol. The van der Waals surface area contributed by atoms with Crippen molar-refractivity contribution in [2.45, 2.75) is 19.8 Å². The number of rotatable bonds is 7. The molecule has 0 aromatic heterocycles. The molecule has 0 aliphatic heterocycles. The SMILES string of the molecule is CCCCNC(=O)/C(C#N)=C\NCCCl. The Hall–Kier alpha value is -1.21. The average Bonchev–Trinajstić information content (AvgIpc) is 2.24. The Morgan fingerprint density at radius 1 is 1.53 bits per heavy atom. The highest BCUT2D eigenvalue weighted by molar-refractivity contribution is 6.18. The van der Waals surface area contributed by atoms with E-state index in [1.165, 1.54) is 6.20 Å². The monoisotopic (exact) mass is 229 g/mol. The predicted molar refractivity (Wildman–Crippen MR) is 60.3 cm³/mol. The van der Waals surface area contributed by atoms with Crippen LogP contribution in [0.4, 0.5) is 0 Å². The van der Waals surface area contributed by atoms with Crippen molar-refractivity contribution in [2.75, 3.05) is 19.0 Å². The van der Waals surface area contributed by atoms with Crippen LogP contribution >= 0.6 is 11.6 Å². The van der Waals surface area contributed by atoms with Crippen LogP contribution in [0.2, 0.25) is 0 Å². The number of nitriles is 1.